The zero-order valence-corrected chi connectivity index (χ0v) is 7.89. The molecule has 0 spiro atoms. The van der Waals surface area contributed by atoms with Crippen molar-refractivity contribution in [2.24, 2.45) is 5.73 Å². The monoisotopic (exact) mass is 192 g/mol. The molecule has 2 N–H and O–H groups in total. The number of primary amides is 1. The highest BCUT2D eigenvalue weighted by atomic mass is 32.1. The molecule has 0 saturated carbocycles. The lowest BCUT2D eigenvalue weighted by Gasteiger charge is -1.94. The van der Waals surface area contributed by atoms with Crippen LogP contribution in [0.5, 0.6) is 0 Å². The summed E-state index contributed by atoms with van der Waals surface area (Å²) in [6, 6.07) is 1.78. The molecule has 2 rings (SSSR count). The van der Waals surface area contributed by atoms with Gasteiger partial charge in [-0.25, -0.2) is 0 Å². The van der Waals surface area contributed by atoms with E-state index < -0.39 is 5.91 Å². The van der Waals surface area contributed by atoms with Gasteiger partial charge in [-0.1, -0.05) is 0 Å². The summed E-state index contributed by atoms with van der Waals surface area (Å²) in [6.07, 6.45) is 1.52. The topological polar surface area (TPSA) is 56.0 Å². The minimum atomic E-state index is -0.430. The van der Waals surface area contributed by atoms with Crippen LogP contribution >= 0.6 is 11.3 Å². The van der Waals surface area contributed by atoms with E-state index >= 15 is 0 Å². The van der Waals surface area contributed by atoms with E-state index in [4.69, 9.17) is 5.73 Å². The molecule has 0 aromatic carbocycles. The van der Waals surface area contributed by atoms with Gasteiger partial charge in [0.25, 0.3) is 0 Å². The number of amides is 1. The van der Waals surface area contributed by atoms with E-state index in [2.05, 4.69) is 4.98 Å². The van der Waals surface area contributed by atoms with Gasteiger partial charge in [0, 0.05) is 6.20 Å². The number of nitrogens with two attached hydrogens (primary N) is 1. The maximum absolute atomic E-state index is 10.8. The highest BCUT2D eigenvalue weighted by Crippen LogP contribution is 2.23. The minimum Gasteiger partial charge on any atom is -0.366 e. The molecular formula is C9H8N2OS. The molecule has 2 heterocycles. The van der Waals surface area contributed by atoms with Crippen molar-refractivity contribution in [3.63, 3.8) is 0 Å². The van der Waals surface area contributed by atoms with Crippen LogP contribution in [0.4, 0.5) is 0 Å². The molecule has 0 atom stereocenters. The summed E-state index contributed by atoms with van der Waals surface area (Å²) in [7, 11) is 0. The first-order chi connectivity index (χ1) is 6.18. The van der Waals surface area contributed by atoms with Gasteiger partial charge in [0.2, 0.25) is 5.91 Å². The van der Waals surface area contributed by atoms with Crippen molar-refractivity contribution < 1.29 is 4.79 Å². The summed E-state index contributed by atoms with van der Waals surface area (Å²) in [5.41, 5.74) is 7.69. The Hall–Kier alpha value is -1.42. The van der Waals surface area contributed by atoms with E-state index in [0.717, 1.165) is 15.8 Å². The summed E-state index contributed by atoms with van der Waals surface area (Å²) in [5, 5.41) is 2.02. The Morgan fingerprint density at radius 2 is 2.38 bits per heavy atom. The molecule has 0 unspecified atom stereocenters. The third kappa shape index (κ3) is 1.29. The van der Waals surface area contributed by atoms with E-state index in [0.29, 0.717) is 5.56 Å². The Labute approximate surface area is 79.2 Å². The van der Waals surface area contributed by atoms with E-state index in [-0.39, 0.29) is 0 Å². The lowest BCUT2D eigenvalue weighted by molar-refractivity contribution is 0.1000. The Balaban J connectivity index is 2.70. The van der Waals surface area contributed by atoms with E-state index in [1.807, 2.05) is 12.3 Å². The van der Waals surface area contributed by atoms with Crippen LogP contribution in [0.1, 0.15) is 15.9 Å². The number of fused-ring (bicyclic) bond motifs is 1. The first-order valence-corrected chi connectivity index (χ1v) is 4.70. The average molecular weight is 192 g/mol. The van der Waals surface area contributed by atoms with Crippen LogP contribution in [0.3, 0.4) is 0 Å². The predicted octanol–water partition coefficient (Wildman–Crippen LogP) is 1.70. The van der Waals surface area contributed by atoms with Crippen molar-refractivity contribution in [3.05, 3.63) is 28.8 Å². The number of carbonyl (C=O) groups excluding carboxylic acids is 1. The highest BCUT2D eigenvalue weighted by Gasteiger charge is 2.05. The van der Waals surface area contributed by atoms with Crippen molar-refractivity contribution in [1.82, 2.24) is 4.98 Å². The van der Waals surface area contributed by atoms with Crippen LogP contribution in [0.25, 0.3) is 10.2 Å². The molecule has 13 heavy (non-hydrogen) atoms. The van der Waals surface area contributed by atoms with E-state index in [9.17, 15) is 4.79 Å². The standard InChI is InChI=1S/C9H8N2OS/c1-5-4-13-7-2-6(9(10)12)3-11-8(5)7/h2-4H,1H3,(H2,10,12). The first-order valence-electron chi connectivity index (χ1n) is 3.82. The van der Waals surface area contributed by atoms with Crippen molar-refractivity contribution in [3.8, 4) is 0 Å². The molecule has 0 bridgehead atoms. The lowest BCUT2D eigenvalue weighted by Crippen LogP contribution is -2.10. The predicted molar refractivity (Wildman–Crippen MR) is 52.9 cm³/mol. The van der Waals surface area contributed by atoms with Crippen LogP contribution < -0.4 is 5.73 Å². The quantitative estimate of drug-likeness (QED) is 0.747. The number of hydrogen-bond acceptors (Lipinski definition) is 3. The van der Waals surface area contributed by atoms with Crippen molar-refractivity contribution in [2.75, 3.05) is 0 Å². The molecule has 2 aromatic heterocycles. The first kappa shape index (κ1) is 8.19. The maximum Gasteiger partial charge on any atom is 0.250 e. The molecule has 0 aliphatic carbocycles. The molecule has 3 nitrogen and oxygen atoms in total. The number of pyridine rings is 1. The average Bonchev–Trinajstić information content (AvgIpc) is 2.47. The zero-order valence-electron chi connectivity index (χ0n) is 7.07. The fourth-order valence-electron chi connectivity index (χ4n) is 1.17. The van der Waals surface area contributed by atoms with Crippen molar-refractivity contribution >= 4 is 27.5 Å². The fourth-order valence-corrected chi connectivity index (χ4v) is 2.11. The number of thiophene rings is 1. The van der Waals surface area contributed by atoms with Crippen LogP contribution in [-0.2, 0) is 0 Å². The van der Waals surface area contributed by atoms with Crippen LogP contribution in [0, 0.1) is 6.92 Å². The van der Waals surface area contributed by atoms with Crippen molar-refractivity contribution in [1.29, 1.82) is 0 Å². The van der Waals surface area contributed by atoms with Gasteiger partial charge in [-0.15, -0.1) is 11.3 Å². The van der Waals surface area contributed by atoms with Gasteiger partial charge < -0.3 is 5.73 Å². The smallest absolute Gasteiger partial charge is 0.250 e. The fraction of sp³-hybridized carbons (Fsp3) is 0.111. The summed E-state index contributed by atoms with van der Waals surface area (Å²) in [4.78, 5) is 15.0. The minimum absolute atomic E-state index is 0.430. The van der Waals surface area contributed by atoms with E-state index in [1.54, 1.807) is 17.4 Å². The third-order valence-electron chi connectivity index (χ3n) is 1.87. The molecule has 0 aliphatic rings. The summed E-state index contributed by atoms with van der Waals surface area (Å²) >= 11 is 1.58. The molecule has 0 saturated heterocycles. The number of aryl methyl sites for hydroxylation is 1. The number of aromatic nitrogens is 1. The second kappa shape index (κ2) is 2.81. The lowest BCUT2D eigenvalue weighted by atomic mass is 10.2. The van der Waals surface area contributed by atoms with Gasteiger partial charge in [0.15, 0.2) is 0 Å². The molecule has 0 fully saturated rings. The largest absolute Gasteiger partial charge is 0.366 e. The highest BCUT2D eigenvalue weighted by molar-refractivity contribution is 7.17. The molecular weight excluding hydrogens is 184 g/mol. The summed E-state index contributed by atoms with van der Waals surface area (Å²) in [5.74, 6) is -0.430. The van der Waals surface area contributed by atoms with Gasteiger partial charge in [0.1, 0.15) is 0 Å². The molecule has 2 aromatic rings. The Kier molecular flexibility index (Phi) is 1.77. The maximum atomic E-state index is 10.8. The number of rotatable bonds is 1. The Morgan fingerprint density at radius 3 is 3.08 bits per heavy atom. The van der Waals surface area contributed by atoms with Crippen LogP contribution in [-0.4, -0.2) is 10.9 Å². The van der Waals surface area contributed by atoms with Crippen LogP contribution in [0.2, 0.25) is 0 Å². The zero-order chi connectivity index (χ0) is 9.42. The molecule has 0 radical (unpaired) electrons. The van der Waals surface area contributed by atoms with E-state index in [1.165, 1.54) is 6.20 Å². The van der Waals surface area contributed by atoms with Gasteiger partial charge in [-0.3, -0.25) is 9.78 Å². The summed E-state index contributed by atoms with van der Waals surface area (Å²) < 4.78 is 1.01. The number of nitrogens with zero attached hydrogens (tertiary/aromatic N) is 1. The second-order valence-electron chi connectivity index (χ2n) is 2.85. The molecule has 1 amide bonds. The van der Waals surface area contributed by atoms with Gasteiger partial charge in [-0.2, -0.15) is 0 Å². The number of hydrogen-bond donors (Lipinski definition) is 1. The SMILES string of the molecule is Cc1csc2cc(C(N)=O)cnc12. The van der Waals surface area contributed by atoms with Gasteiger partial charge >= 0.3 is 0 Å². The molecule has 4 heteroatoms. The third-order valence-corrected chi connectivity index (χ3v) is 2.91. The van der Waals surface area contributed by atoms with Crippen molar-refractivity contribution in [2.45, 2.75) is 6.92 Å². The Morgan fingerprint density at radius 1 is 1.62 bits per heavy atom. The molecule has 66 valence electrons. The molecule has 0 aliphatic heterocycles. The number of carbonyl (C=O) groups is 1. The summed E-state index contributed by atoms with van der Waals surface area (Å²) in [6.45, 7) is 2.00. The van der Waals surface area contributed by atoms with Gasteiger partial charge in [-0.05, 0) is 23.9 Å². The second-order valence-corrected chi connectivity index (χ2v) is 3.76. The van der Waals surface area contributed by atoms with Crippen LogP contribution in [0.15, 0.2) is 17.6 Å². The Bertz CT molecular complexity index is 475. The van der Waals surface area contributed by atoms with Gasteiger partial charge in [0.05, 0.1) is 15.8 Å². The normalized spacial score (nSPS) is 10.5.